The Balaban J connectivity index is 1.41. The number of fused-ring (bicyclic) bond motifs is 2. The zero-order valence-corrected chi connectivity index (χ0v) is 23.2. The number of anilines is 4. The largest absolute Gasteiger partial charge is 0.497 e. The first-order chi connectivity index (χ1) is 19.6. The Morgan fingerprint density at radius 3 is 2.80 bits per heavy atom. The van der Waals surface area contributed by atoms with E-state index < -0.39 is 0 Å². The zero-order chi connectivity index (χ0) is 27.6. The lowest BCUT2D eigenvalue weighted by molar-refractivity contribution is 0.371. The monoisotopic (exact) mass is 541 g/mol. The van der Waals surface area contributed by atoms with Crippen molar-refractivity contribution < 1.29 is 9.47 Å². The van der Waals surface area contributed by atoms with Gasteiger partial charge in [0.1, 0.15) is 22.8 Å². The highest BCUT2D eigenvalue weighted by Gasteiger charge is 2.26. The van der Waals surface area contributed by atoms with Gasteiger partial charge >= 0.3 is 0 Å². The maximum Gasteiger partial charge on any atom is 0.276 e. The highest BCUT2D eigenvalue weighted by Crippen LogP contribution is 2.36. The summed E-state index contributed by atoms with van der Waals surface area (Å²) < 4.78 is 12.7. The van der Waals surface area contributed by atoms with Crippen molar-refractivity contribution in [3.05, 3.63) is 70.1 Å². The van der Waals surface area contributed by atoms with Crippen LogP contribution in [-0.4, -0.2) is 54.9 Å². The molecule has 1 fully saturated rings. The molecule has 4 aromatic rings. The van der Waals surface area contributed by atoms with Gasteiger partial charge in [-0.25, -0.2) is 4.98 Å². The first kappa shape index (κ1) is 25.9. The summed E-state index contributed by atoms with van der Waals surface area (Å²) >= 11 is 0. The number of nitrogens with zero attached hydrogens (tertiary/aromatic N) is 4. The molecule has 3 N–H and O–H groups in total. The summed E-state index contributed by atoms with van der Waals surface area (Å²) in [5.41, 5.74) is 5.46. The van der Waals surface area contributed by atoms with Crippen LogP contribution in [0.1, 0.15) is 30.0 Å². The predicted molar refractivity (Wildman–Crippen MR) is 158 cm³/mol. The number of benzene rings is 2. The number of piperidine rings is 1. The molecule has 0 spiro atoms. The Bertz CT molecular complexity index is 1600. The van der Waals surface area contributed by atoms with Gasteiger partial charge in [0.15, 0.2) is 0 Å². The lowest BCUT2D eigenvalue weighted by Gasteiger charge is -2.34. The van der Waals surface area contributed by atoms with E-state index in [4.69, 9.17) is 14.5 Å². The van der Waals surface area contributed by atoms with Crippen molar-refractivity contribution >= 4 is 34.0 Å². The van der Waals surface area contributed by atoms with Crippen LogP contribution in [0.15, 0.2) is 53.5 Å². The van der Waals surface area contributed by atoms with Crippen molar-refractivity contribution in [3.63, 3.8) is 0 Å². The summed E-state index contributed by atoms with van der Waals surface area (Å²) in [6, 6.07) is 13.8. The van der Waals surface area contributed by atoms with E-state index in [0.29, 0.717) is 36.1 Å². The van der Waals surface area contributed by atoms with Gasteiger partial charge in [0, 0.05) is 49.4 Å². The molecule has 1 atom stereocenters. The molecule has 2 aliphatic heterocycles. The van der Waals surface area contributed by atoms with Crippen LogP contribution in [0.3, 0.4) is 0 Å². The molecule has 2 aromatic heterocycles. The molecule has 0 bridgehead atoms. The highest BCUT2D eigenvalue weighted by molar-refractivity contribution is 5.85. The van der Waals surface area contributed by atoms with Crippen molar-refractivity contribution in [2.24, 2.45) is 0 Å². The first-order valence-corrected chi connectivity index (χ1v) is 13.8. The topological polar surface area (TPSA) is 106 Å². The van der Waals surface area contributed by atoms with Crippen LogP contribution >= 0.6 is 0 Å². The fraction of sp³-hybridized carbons (Fsp3) is 0.367. The van der Waals surface area contributed by atoms with E-state index in [9.17, 15) is 4.79 Å². The van der Waals surface area contributed by atoms with Crippen LogP contribution in [0.25, 0.3) is 11.0 Å². The predicted octanol–water partition coefficient (Wildman–Crippen LogP) is 4.22. The van der Waals surface area contributed by atoms with Gasteiger partial charge in [0.05, 0.1) is 31.6 Å². The van der Waals surface area contributed by atoms with E-state index >= 15 is 0 Å². The number of rotatable bonds is 7. The quantitative estimate of drug-likeness (QED) is 0.317. The normalized spacial score (nSPS) is 16.8. The molecule has 0 unspecified atom stereocenters. The molecule has 0 aliphatic carbocycles. The highest BCUT2D eigenvalue weighted by atomic mass is 16.5. The Morgan fingerprint density at radius 1 is 1.10 bits per heavy atom. The third kappa shape index (κ3) is 4.79. The molecule has 10 heteroatoms. The van der Waals surface area contributed by atoms with Crippen LogP contribution in [-0.2, 0) is 6.54 Å². The minimum Gasteiger partial charge on any atom is -0.497 e. The standard InChI is InChI=1S/C30H35N7O3/c1-19-6-4-8-24-27(19)32-12-13-36(24)25-14-21-17-34-30(33-16-20-9-10-23(39-2)15-26(20)40-3)35-28(21)37(29(25)38)22-7-5-11-31-18-22/h4,6,8-10,14-15,17,22,31-32H,5,7,11-13,16,18H2,1-3H3,(H,33,34,35)/t22-/m1/s1. The van der Waals surface area contributed by atoms with Gasteiger partial charge in [0.25, 0.3) is 5.56 Å². The molecule has 0 radical (unpaired) electrons. The van der Waals surface area contributed by atoms with E-state index in [1.807, 2.05) is 41.1 Å². The fourth-order valence-corrected chi connectivity index (χ4v) is 5.72. The van der Waals surface area contributed by atoms with Crippen LogP contribution in [0.5, 0.6) is 11.5 Å². The second-order valence-corrected chi connectivity index (χ2v) is 10.3. The number of pyridine rings is 1. The SMILES string of the molecule is COc1ccc(CNc2ncc3cc(N4CCNc5c(C)cccc54)c(=O)n([C@@H]4CCCNC4)c3n2)c(OC)c1. The molecule has 2 aromatic carbocycles. The maximum absolute atomic E-state index is 14.3. The molecule has 40 heavy (non-hydrogen) atoms. The van der Waals surface area contributed by atoms with Crippen LogP contribution in [0.4, 0.5) is 23.0 Å². The minimum absolute atomic E-state index is 0.00743. The van der Waals surface area contributed by atoms with Crippen molar-refractivity contribution in [3.8, 4) is 11.5 Å². The third-order valence-electron chi connectivity index (χ3n) is 7.79. The van der Waals surface area contributed by atoms with Crippen molar-refractivity contribution in [2.45, 2.75) is 32.4 Å². The van der Waals surface area contributed by atoms with Crippen molar-refractivity contribution in [1.82, 2.24) is 19.9 Å². The zero-order valence-electron chi connectivity index (χ0n) is 23.2. The second kappa shape index (κ2) is 11.1. The van der Waals surface area contributed by atoms with Crippen molar-refractivity contribution in [2.75, 3.05) is 55.9 Å². The number of hydrogen-bond acceptors (Lipinski definition) is 9. The summed E-state index contributed by atoms with van der Waals surface area (Å²) in [6.07, 6.45) is 3.73. The summed E-state index contributed by atoms with van der Waals surface area (Å²) in [6.45, 7) is 5.69. The Labute approximate surface area is 233 Å². The minimum atomic E-state index is -0.0305. The number of hydrogen-bond donors (Lipinski definition) is 3. The number of para-hydroxylation sites is 1. The van der Waals surface area contributed by atoms with Gasteiger partial charge in [0.2, 0.25) is 5.95 Å². The van der Waals surface area contributed by atoms with Gasteiger partial charge < -0.3 is 30.3 Å². The molecule has 0 saturated carbocycles. The lowest BCUT2D eigenvalue weighted by atomic mass is 10.1. The van der Waals surface area contributed by atoms with E-state index in [2.05, 4.69) is 44.9 Å². The summed E-state index contributed by atoms with van der Waals surface area (Å²) in [4.78, 5) is 25.9. The second-order valence-electron chi connectivity index (χ2n) is 10.3. The molecule has 2 aliphatic rings. The van der Waals surface area contributed by atoms with E-state index in [1.54, 1.807) is 14.2 Å². The Kier molecular flexibility index (Phi) is 7.17. The van der Waals surface area contributed by atoms with E-state index in [-0.39, 0.29) is 11.6 Å². The van der Waals surface area contributed by atoms with Gasteiger partial charge in [-0.15, -0.1) is 0 Å². The molecule has 1 saturated heterocycles. The van der Waals surface area contributed by atoms with Gasteiger partial charge in [-0.1, -0.05) is 12.1 Å². The third-order valence-corrected chi connectivity index (χ3v) is 7.79. The molecule has 6 rings (SSSR count). The van der Waals surface area contributed by atoms with Crippen LogP contribution in [0, 0.1) is 6.92 Å². The summed E-state index contributed by atoms with van der Waals surface area (Å²) in [5, 5.41) is 11.1. The smallest absolute Gasteiger partial charge is 0.276 e. The average molecular weight is 542 g/mol. The van der Waals surface area contributed by atoms with Gasteiger partial charge in [-0.3, -0.25) is 9.36 Å². The Hall–Kier alpha value is -4.31. The van der Waals surface area contributed by atoms with E-state index in [0.717, 1.165) is 66.1 Å². The summed E-state index contributed by atoms with van der Waals surface area (Å²) in [7, 11) is 3.27. The fourth-order valence-electron chi connectivity index (χ4n) is 5.72. The lowest BCUT2D eigenvalue weighted by Crippen LogP contribution is -2.40. The number of nitrogens with one attached hydrogen (secondary N) is 3. The number of aryl methyl sites for hydroxylation is 1. The molecular formula is C30H35N7O3. The molecular weight excluding hydrogens is 506 g/mol. The molecule has 0 amide bonds. The van der Waals surface area contributed by atoms with Crippen LogP contribution in [0.2, 0.25) is 0 Å². The number of methoxy groups -OCH3 is 2. The molecule has 208 valence electrons. The number of aromatic nitrogens is 3. The van der Waals surface area contributed by atoms with Gasteiger partial charge in [-0.05, 0) is 56.1 Å². The first-order valence-electron chi connectivity index (χ1n) is 13.8. The average Bonchev–Trinajstić information content (AvgIpc) is 3.00. The maximum atomic E-state index is 14.3. The molecule has 4 heterocycles. The van der Waals surface area contributed by atoms with Crippen molar-refractivity contribution in [1.29, 1.82) is 0 Å². The van der Waals surface area contributed by atoms with Crippen LogP contribution < -0.4 is 35.9 Å². The summed E-state index contributed by atoms with van der Waals surface area (Å²) in [5.74, 6) is 1.90. The Morgan fingerprint density at radius 2 is 2.00 bits per heavy atom. The number of ether oxygens (including phenoxy) is 2. The van der Waals surface area contributed by atoms with Gasteiger partial charge in [-0.2, -0.15) is 4.98 Å². The van der Waals surface area contributed by atoms with E-state index in [1.165, 1.54) is 0 Å². The molecule has 10 nitrogen and oxygen atoms in total.